The molecule has 0 N–H and O–H groups in total. The van der Waals surface area contributed by atoms with Gasteiger partial charge in [-0.05, 0) is 30.4 Å². The molecule has 2 atom stereocenters. The number of hydrogen-bond acceptors (Lipinski definition) is 0. The molecule has 0 aromatic heterocycles. The van der Waals surface area contributed by atoms with E-state index in [4.69, 9.17) is 23.2 Å². The van der Waals surface area contributed by atoms with Crippen molar-refractivity contribution >= 4 is 23.2 Å². The number of benzene rings is 1. The predicted molar refractivity (Wildman–Crippen MR) is 64.2 cm³/mol. The van der Waals surface area contributed by atoms with Crippen LogP contribution in [0, 0.1) is 11.7 Å². The van der Waals surface area contributed by atoms with E-state index < -0.39 is 0 Å². The van der Waals surface area contributed by atoms with Crippen molar-refractivity contribution in [2.45, 2.75) is 32.1 Å². The number of rotatable bonds is 4. The maximum absolute atomic E-state index is 13.6. The molecule has 0 spiro atoms. The summed E-state index contributed by atoms with van der Waals surface area (Å²) in [7, 11) is 0. The Hall–Kier alpha value is -0.270. The summed E-state index contributed by atoms with van der Waals surface area (Å²) >= 11 is 11.8. The molecule has 3 heteroatoms. The Kier molecular flexibility index (Phi) is 4.88. The summed E-state index contributed by atoms with van der Waals surface area (Å²) < 4.78 is 13.6. The van der Waals surface area contributed by atoms with Crippen molar-refractivity contribution in [3.8, 4) is 0 Å². The van der Waals surface area contributed by atoms with Crippen LogP contribution < -0.4 is 0 Å². The molecular weight excluding hydrogens is 234 g/mol. The van der Waals surface area contributed by atoms with Crippen LogP contribution >= 0.6 is 23.2 Å². The van der Waals surface area contributed by atoms with Crippen LogP contribution in [0.15, 0.2) is 18.2 Å². The number of alkyl halides is 1. The van der Waals surface area contributed by atoms with Crippen LogP contribution in [-0.2, 0) is 6.42 Å². The van der Waals surface area contributed by atoms with Crippen molar-refractivity contribution < 1.29 is 4.39 Å². The highest BCUT2D eigenvalue weighted by Crippen LogP contribution is 2.24. The van der Waals surface area contributed by atoms with Crippen molar-refractivity contribution in [3.05, 3.63) is 34.6 Å². The molecule has 0 heterocycles. The van der Waals surface area contributed by atoms with Crippen LogP contribution in [0.2, 0.25) is 5.02 Å². The normalized spacial score (nSPS) is 15.0. The average Bonchev–Trinajstić information content (AvgIpc) is 2.23. The maximum Gasteiger partial charge on any atom is 0.144 e. The van der Waals surface area contributed by atoms with Gasteiger partial charge < -0.3 is 0 Å². The summed E-state index contributed by atoms with van der Waals surface area (Å²) in [4.78, 5) is 0. The van der Waals surface area contributed by atoms with Gasteiger partial charge in [-0.15, -0.1) is 11.6 Å². The van der Waals surface area contributed by atoms with E-state index >= 15 is 0 Å². The lowest BCUT2D eigenvalue weighted by atomic mass is 9.96. The Labute approximate surface area is 100 Å². The molecule has 0 amide bonds. The van der Waals surface area contributed by atoms with Crippen molar-refractivity contribution in [1.29, 1.82) is 0 Å². The van der Waals surface area contributed by atoms with Gasteiger partial charge in [-0.25, -0.2) is 4.39 Å². The Balaban J connectivity index is 2.76. The van der Waals surface area contributed by atoms with Crippen molar-refractivity contribution in [2.75, 3.05) is 0 Å². The smallest absolute Gasteiger partial charge is 0.144 e. The Morgan fingerprint density at radius 3 is 2.67 bits per heavy atom. The Morgan fingerprint density at radius 1 is 1.40 bits per heavy atom. The molecule has 0 fully saturated rings. The fourth-order valence-electron chi connectivity index (χ4n) is 1.58. The highest BCUT2D eigenvalue weighted by Gasteiger charge is 2.15. The lowest BCUT2D eigenvalue weighted by Crippen LogP contribution is -2.13. The minimum absolute atomic E-state index is 0.0865. The van der Waals surface area contributed by atoms with Gasteiger partial charge in [-0.2, -0.15) is 0 Å². The van der Waals surface area contributed by atoms with E-state index in [1.165, 1.54) is 0 Å². The van der Waals surface area contributed by atoms with Gasteiger partial charge in [0.25, 0.3) is 0 Å². The predicted octanol–water partition coefficient (Wildman–Crippen LogP) is 4.68. The molecule has 84 valence electrons. The molecule has 0 bridgehead atoms. The summed E-state index contributed by atoms with van der Waals surface area (Å²) in [6.07, 6.45) is 1.53. The van der Waals surface area contributed by atoms with Crippen LogP contribution in [0.25, 0.3) is 0 Å². The van der Waals surface area contributed by atoms with Crippen LogP contribution in [-0.4, -0.2) is 5.38 Å². The van der Waals surface area contributed by atoms with Crippen LogP contribution in [0.1, 0.15) is 25.8 Å². The minimum Gasteiger partial charge on any atom is -0.205 e. The molecule has 0 nitrogen and oxygen atoms in total. The zero-order chi connectivity index (χ0) is 11.4. The molecular formula is C12H15Cl2F. The summed E-state index contributed by atoms with van der Waals surface area (Å²) in [5.41, 5.74) is 0.647. The van der Waals surface area contributed by atoms with Gasteiger partial charge in [0.05, 0.1) is 5.02 Å². The van der Waals surface area contributed by atoms with Gasteiger partial charge >= 0.3 is 0 Å². The standard InChI is InChI=1S/C12H15Cl2F/c1-3-10(13)8(2)7-9-5-4-6-11(14)12(9)15/h4-6,8,10H,3,7H2,1-2H3. The van der Waals surface area contributed by atoms with E-state index in [-0.39, 0.29) is 22.1 Å². The zero-order valence-electron chi connectivity index (χ0n) is 8.93. The van der Waals surface area contributed by atoms with Gasteiger partial charge in [-0.1, -0.05) is 37.6 Å². The number of hydrogen-bond donors (Lipinski definition) is 0. The van der Waals surface area contributed by atoms with Crippen molar-refractivity contribution in [2.24, 2.45) is 5.92 Å². The third-order valence-corrected chi connectivity index (χ3v) is 3.61. The molecule has 2 unspecified atom stereocenters. The largest absolute Gasteiger partial charge is 0.205 e. The lowest BCUT2D eigenvalue weighted by Gasteiger charge is -2.16. The van der Waals surface area contributed by atoms with E-state index in [1.54, 1.807) is 18.2 Å². The Morgan fingerprint density at radius 2 is 2.07 bits per heavy atom. The molecule has 0 saturated heterocycles. The summed E-state index contributed by atoms with van der Waals surface area (Å²) in [6.45, 7) is 4.06. The second kappa shape index (κ2) is 5.72. The fraction of sp³-hybridized carbons (Fsp3) is 0.500. The quantitative estimate of drug-likeness (QED) is 0.680. The Bertz CT molecular complexity index is 325. The third kappa shape index (κ3) is 3.35. The van der Waals surface area contributed by atoms with Crippen LogP contribution in [0.3, 0.4) is 0 Å². The second-order valence-electron chi connectivity index (χ2n) is 3.82. The van der Waals surface area contributed by atoms with Gasteiger partial charge in [0.1, 0.15) is 5.82 Å². The molecule has 0 aliphatic heterocycles. The zero-order valence-corrected chi connectivity index (χ0v) is 10.4. The van der Waals surface area contributed by atoms with Crippen LogP contribution in [0.5, 0.6) is 0 Å². The molecule has 0 aliphatic rings. The first kappa shape index (κ1) is 12.8. The lowest BCUT2D eigenvalue weighted by molar-refractivity contribution is 0.511. The van der Waals surface area contributed by atoms with E-state index in [2.05, 4.69) is 0 Å². The fourth-order valence-corrected chi connectivity index (χ4v) is 1.87. The molecule has 1 rings (SSSR count). The topological polar surface area (TPSA) is 0 Å². The monoisotopic (exact) mass is 248 g/mol. The highest BCUT2D eigenvalue weighted by atomic mass is 35.5. The summed E-state index contributed by atoms with van der Waals surface area (Å²) in [5.74, 6) is -0.0596. The van der Waals surface area contributed by atoms with Gasteiger partial charge in [-0.3, -0.25) is 0 Å². The molecule has 15 heavy (non-hydrogen) atoms. The first-order valence-corrected chi connectivity index (χ1v) is 5.94. The minimum atomic E-state index is -0.314. The number of halogens is 3. The van der Waals surface area contributed by atoms with Gasteiger partial charge in [0.15, 0.2) is 0 Å². The summed E-state index contributed by atoms with van der Waals surface area (Å²) in [5, 5.41) is 0.269. The van der Waals surface area contributed by atoms with Crippen LogP contribution in [0.4, 0.5) is 4.39 Å². The van der Waals surface area contributed by atoms with Gasteiger partial charge in [0, 0.05) is 5.38 Å². The summed E-state index contributed by atoms with van der Waals surface area (Å²) in [6, 6.07) is 5.09. The SMILES string of the molecule is CCC(Cl)C(C)Cc1cccc(Cl)c1F. The first-order valence-electron chi connectivity index (χ1n) is 5.13. The van der Waals surface area contributed by atoms with Crippen molar-refractivity contribution in [3.63, 3.8) is 0 Å². The molecule has 0 radical (unpaired) electrons. The molecule has 0 saturated carbocycles. The van der Waals surface area contributed by atoms with E-state index in [9.17, 15) is 4.39 Å². The first-order chi connectivity index (χ1) is 7.06. The highest BCUT2D eigenvalue weighted by molar-refractivity contribution is 6.30. The van der Waals surface area contributed by atoms with E-state index in [1.807, 2.05) is 13.8 Å². The van der Waals surface area contributed by atoms with Gasteiger partial charge in [0.2, 0.25) is 0 Å². The van der Waals surface area contributed by atoms with E-state index in [0.29, 0.717) is 12.0 Å². The van der Waals surface area contributed by atoms with E-state index in [0.717, 1.165) is 6.42 Å². The molecule has 1 aromatic carbocycles. The third-order valence-electron chi connectivity index (χ3n) is 2.58. The second-order valence-corrected chi connectivity index (χ2v) is 4.79. The average molecular weight is 249 g/mol. The molecule has 0 aliphatic carbocycles. The molecule has 1 aromatic rings. The van der Waals surface area contributed by atoms with Crippen molar-refractivity contribution in [1.82, 2.24) is 0 Å². The maximum atomic E-state index is 13.6.